The lowest BCUT2D eigenvalue weighted by atomic mass is 10.2. The molecular formula is C22H20N2O4. The number of benzene rings is 2. The van der Waals surface area contributed by atoms with Crippen molar-refractivity contribution in [2.24, 2.45) is 0 Å². The average molecular weight is 376 g/mol. The highest BCUT2D eigenvalue weighted by molar-refractivity contribution is 5.96. The number of carbonyl (C=O) groups excluding carboxylic acids is 2. The van der Waals surface area contributed by atoms with Crippen LogP contribution >= 0.6 is 0 Å². The van der Waals surface area contributed by atoms with Gasteiger partial charge in [0.25, 0.3) is 5.91 Å². The van der Waals surface area contributed by atoms with Crippen molar-refractivity contribution >= 4 is 17.6 Å². The number of ether oxygens (including phenoxy) is 2. The predicted molar refractivity (Wildman–Crippen MR) is 105 cm³/mol. The first-order chi connectivity index (χ1) is 13.6. The molecule has 0 bridgehead atoms. The van der Waals surface area contributed by atoms with Gasteiger partial charge in [-0.1, -0.05) is 36.4 Å². The van der Waals surface area contributed by atoms with E-state index in [4.69, 9.17) is 9.47 Å². The number of aromatic nitrogens is 1. The van der Waals surface area contributed by atoms with Gasteiger partial charge in [0.1, 0.15) is 18.1 Å². The molecule has 1 amide bonds. The van der Waals surface area contributed by atoms with Gasteiger partial charge < -0.3 is 14.8 Å². The molecule has 1 heterocycles. The fourth-order valence-electron chi connectivity index (χ4n) is 2.38. The molecule has 0 radical (unpaired) electrons. The zero-order chi connectivity index (χ0) is 19.8. The summed E-state index contributed by atoms with van der Waals surface area (Å²) in [4.78, 5) is 28.1. The lowest BCUT2D eigenvalue weighted by Crippen LogP contribution is -2.30. The molecule has 6 heteroatoms. The van der Waals surface area contributed by atoms with Crippen LogP contribution < -0.4 is 10.1 Å². The third-order valence-corrected chi connectivity index (χ3v) is 3.90. The summed E-state index contributed by atoms with van der Waals surface area (Å²) < 4.78 is 10.9. The van der Waals surface area contributed by atoms with Crippen LogP contribution in [0.3, 0.4) is 0 Å². The molecule has 3 aromatic rings. The monoisotopic (exact) mass is 376 g/mol. The van der Waals surface area contributed by atoms with Crippen LogP contribution in [0.1, 0.15) is 23.0 Å². The Morgan fingerprint density at radius 2 is 1.68 bits per heavy atom. The molecule has 0 aliphatic carbocycles. The van der Waals surface area contributed by atoms with Crippen LogP contribution in [0.5, 0.6) is 5.75 Å². The predicted octanol–water partition coefficient (Wildman–Crippen LogP) is 3.84. The topological polar surface area (TPSA) is 77.5 Å². The summed E-state index contributed by atoms with van der Waals surface area (Å²) >= 11 is 0. The highest BCUT2D eigenvalue weighted by Crippen LogP contribution is 2.17. The number of hydrogen-bond donors (Lipinski definition) is 1. The van der Waals surface area contributed by atoms with Crippen molar-refractivity contribution in [1.82, 2.24) is 4.98 Å². The van der Waals surface area contributed by atoms with Crippen LogP contribution in [0.4, 0.5) is 5.69 Å². The van der Waals surface area contributed by atoms with E-state index in [1.807, 2.05) is 30.3 Å². The van der Waals surface area contributed by atoms with E-state index in [-0.39, 0.29) is 5.69 Å². The van der Waals surface area contributed by atoms with E-state index in [2.05, 4.69) is 10.3 Å². The molecule has 6 nitrogen and oxygen atoms in total. The minimum atomic E-state index is -0.955. The molecule has 2 aromatic carbocycles. The Bertz CT molecular complexity index is 912. The van der Waals surface area contributed by atoms with E-state index < -0.39 is 18.0 Å². The number of carbonyl (C=O) groups is 2. The molecule has 1 N–H and O–H groups in total. The second-order valence-corrected chi connectivity index (χ2v) is 6.05. The minimum Gasteiger partial charge on any atom is -0.489 e. The minimum absolute atomic E-state index is 0.155. The van der Waals surface area contributed by atoms with Crippen molar-refractivity contribution in [1.29, 1.82) is 0 Å². The number of anilines is 1. The summed E-state index contributed by atoms with van der Waals surface area (Å²) in [5, 5.41) is 2.71. The van der Waals surface area contributed by atoms with Crippen molar-refractivity contribution in [2.45, 2.75) is 19.6 Å². The van der Waals surface area contributed by atoms with Crippen molar-refractivity contribution < 1.29 is 19.1 Å². The van der Waals surface area contributed by atoms with Crippen LogP contribution in [0.2, 0.25) is 0 Å². The second-order valence-electron chi connectivity index (χ2n) is 6.05. The zero-order valence-corrected chi connectivity index (χ0v) is 15.4. The number of rotatable bonds is 7. The third-order valence-electron chi connectivity index (χ3n) is 3.90. The largest absolute Gasteiger partial charge is 0.489 e. The standard InChI is InChI=1S/C22H20N2O4/c1-16(28-22(26)20-9-5-6-14-23-20)21(25)24-18-10-12-19(13-11-18)27-15-17-7-3-2-4-8-17/h2-14,16H,15H2,1H3,(H,24,25)/t16-/m1/s1. The molecule has 0 aliphatic rings. The van der Waals surface area contributed by atoms with Gasteiger partial charge in [0, 0.05) is 11.9 Å². The fraction of sp³-hybridized carbons (Fsp3) is 0.136. The SMILES string of the molecule is C[C@@H](OC(=O)c1ccccn1)C(=O)Nc1ccc(OCc2ccccc2)cc1. The van der Waals surface area contributed by atoms with Crippen LogP contribution in [-0.2, 0) is 16.1 Å². The number of hydrogen-bond acceptors (Lipinski definition) is 5. The van der Waals surface area contributed by atoms with Gasteiger partial charge in [-0.25, -0.2) is 9.78 Å². The van der Waals surface area contributed by atoms with Crippen LogP contribution in [0, 0.1) is 0 Å². The summed E-state index contributed by atoms with van der Waals surface area (Å²) in [5.74, 6) is -0.383. The molecule has 1 atom stereocenters. The molecule has 0 aliphatic heterocycles. The molecule has 0 unspecified atom stereocenters. The average Bonchev–Trinajstić information content (AvgIpc) is 2.74. The van der Waals surface area contributed by atoms with Gasteiger partial charge in [0.05, 0.1) is 0 Å². The Labute approximate surface area is 163 Å². The van der Waals surface area contributed by atoms with Gasteiger partial charge in [-0.2, -0.15) is 0 Å². The Balaban J connectivity index is 1.50. The number of pyridine rings is 1. The maximum atomic E-state index is 12.2. The van der Waals surface area contributed by atoms with Gasteiger partial charge in [-0.15, -0.1) is 0 Å². The molecule has 1 aromatic heterocycles. The molecule has 28 heavy (non-hydrogen) atoms. The van der Waals surface area contributed by atoms with Crippen LogP contribution in [-0.4, -0.2) is 23.0 Å². The van der Waals surface area contributed by atoms with Crippen molar-refractivity contribution in [3.63, 3.8) is 0 Å². The molecule has 0 saturated carbocycles. The van der Waals surface area contributed by atoms with E-state index in [1.54, 1.807) is 36.4 Å². The molecular weight excluding hydrogens is 356 g/mol. The quantitative estimate of drug-likeness (QED) is 0.634. The first-order valence-electron chi connectivity index (χ1n) is 8.81. The van der Waals surface area contributed by atoms with Crippen molar-refractivity contribution in [3.05, 3.63) is 90.3 Å². The highest BCUT2D eigenvalue weighted by Gasteiger charge is 2.19. The summed E-state index contributed by atoms with van der Waals surface area (Å²) in [7, 11) is 0. The molecule has 0 fully saturated rings. The summed E-state index contributed by atoms with van der Waals surface area (Å²) in [6, 6.07) is 21.7. The number of esters is 1. The van der Waals surface area contributed by atoms with E-state index in [9.17, 15) is 9.59 Å². The Hall–Kier alpha value is -3.67. The lowest BCUT2D eigenvalue weighted by molar-refractivity contribution is -0.123. The Morgan fingerprint density at radius 1 is 0.964 bits per heavy atom. The highest BCUT2D eigenvalue weighted by atomic mass is 16.5. The van der Waals surface area contributed by atoms with Gasteiger partial charge in [0.15, 0.2) is 6.10 Å². The maximum Gasteiger partial charge on any atom is 0.357 e. The molecule has 0 saturated heterocycles. The van der Waals surface area contributed by atoms with Crippen LogP contribution in [0.15, 0.2) is 79.0 Å². The van der Waals surface area contributed by atoms with E-state index in [0.29, 0.717) is 18.0 Å². The molecule has 142 valence electrons. The number of amides is 1. The lowest BCUT2D eigenvalue weighted by Gasteiger charge is -2.13. The number of nitrogens with zero attached hydrogens (tertiary/aromatic N) is 1. The first-order valence-corrected chi connectivity index (χ1v) is 8.81. The summed E-state index contributed by atoms with van der Waals surface area (Å²) in [5.41, 5.74) is 1.81. The van der Waals surface area contributed by atoms with E-state index in [0.717, 1.165) is 5.56 Å². The Morgan fingerprint density at radius 3 is 2.36 bits per heavy atom. The molecule has 3 rings (SSSR count). The third kappa shape index (κ3) is 5.41. The van der Waals surface area contributed by atoms with Gasteiger partial charge >= 0.3 is 5.97 Å². The summed E-state index contributed by atoms with van der Waals surface area (Å²) in [6.45, 7) is 1.97. The van der Waals surface area contributed by atoms with E-state index >= 15 is 0 Å². The van der Waals surface area contributed by atoms with Crippen LogP contribution in [0.25, 0.3) is 0 Å². The smallest absolute Gasteiger partial charge is 0.357 e. The van der Waals surface area contributed by atoms with Crippen molar-refractivity contribution in [3.8, 4) is 5.75 Å². The Kier molecular flexibility index (Phi) is 6.36. The zero-order valence-electron chi connectivity index (χ0n) is 15.4. The molecule has 0 spiro atoms. The maximum absolute atomic E-state index is 12.2. The van der Waals surface area contributed by atoms with Gasteiger partial charge in [-0.05, 0) is 48.9 Å². The van der Waals surface area contributed by atoms with Crippen molar-refractivity contribution in [2.75, 3.05) is 5.32 Å². The second kappa shape index (κ2) is 9.32. The number of nitrogens with one attached hydrogen (secondary N) is 1. The normalized spacial score (nSPS) is 11.3. The first kappa shape index (κ1) is 19.1. The van der Waals surface area contributed by atoms with E-state index in [1.165, 1.54) is 19.2 Å². The fourth-order valence-corrected chi connectivity index (χ4v) is 2.38. The summed E-state index contributed by atoms with van der Waals surface area (Å²) in [6.07, 6.45) is 0.534. The van der Waals surface area contributed by atoms with Gasteiger partial charge in [-0.3, -0.25) is 4.79 Å². The van der Waals surface area contributed by atoms with Gasteiger partial charge in [0.2, 0.25) is 0 Å².